The Hall–Kier alpha value is -5.66. The van der Waals surface area contributed by atoms with Crippen molar-refractivity contribution in [3.63, 3.8) is 0 Å². The van der Waals surface area contributed by atoms with Gasteiger partial charge in [-0.2, -0.15) is 0 Å². The van der Waals surface area contributed by atoms with Gasteiger partial charge in [-0.3, -0.25) is 0 Å². The summed E-state index contributed by atoms with van der Waals surface area (Å²) >= 11 is 0. The van der Waals surface area contributed by atoms with Crippen LogP contribution >= 0.6 is 0 Å². The third-order valence-electron chi connectivity index (χ3n) is 9.76. The van der Waals surface area contributed by atoms with Gasteiger partial charge in [0.15, 0.2) is 0 Å². The van der Waals surface area contributed by atoms with Crippen molar-refractivity contribution in [1.29, 1.82) is 0 Å². The highest BCUT2D eigenvalue weighted by Crippen LogP contribution is 2.47. The predicted molar refractivity (Wildman–Crippen MR) is 201 cm³/mol. The van der Waals surface area contributed by atoms with Crippen molar-refractivity contribution in [1.82, 2.24) is 0 Å². The Bertz CT molecular complexity index is 2650. The summed E-state index contributed by atoms with van der Waals surface area (Å²) in [6.45, 7) is 6.73. The summed E-state index contributed by atoms with van der Waals surface area (Å²) in [5, 5.41) is 9.47. The summed E-state index contributed by atoms with van der Waals surface area (Å²) in [4.78, 5) is 0. The minimum Gasteiger partial charge on any atom is -0.456 e. The fourth-order valence-electron chi connectivity index (χ4n) is 7.37. The number of hydrogen-bond donors (Lipinski definition) is 0. The molecule has 1 nitrogen and oxygen atoms in total. The van der Waals surface area contributed by atoms with Crippen LogP contribution in [0.25, 0.3) is 87.6 Å². The van der Waals surface area contributed by atoms with E-state index in [1.165, 1.54) is 60.5 Å². The number of furan rings is 1. The molecule has 0 saturated heterocycles. The topological polar surface area (TPSA) is 13.1 Å². The molecule has 1 aromatic heterocycles. The standard InChI is InChI=1S/C46H34O/c1-46(2,3)34-25-26-39-42(28-34)47-41-18-10-17-40(45(39)41)44-37-15-8-6-13-35(37)43(36-14-7-9-16-38(36)44)31-22-19-30(20-23-31)33-24-21-29-11-4-5-12-32(29)27-33/h4-28H,1-3H3/i4D. The SMILES string of the molecule is [2H]c1ccc2cc(-c3ccc(-c4c5ccccc5c(-c5cccc6oc7cc(C(C)(C)C)ccc7c56)c5ccccc45)cc3)ccc2c1. The molecule has 0 N–H and O–H groups in total. The second-order valence-corrected chi connectivity index (χ2v) is 13.6. The Balaban J connectivity index is 1.25. The smallest absolute Gasteiger partial charge is 0.136 e. The minimum atomic E-state index is 0.0405. The molecule has 0 radical (unpaired) electrons. The van der Waals surface area contributed by atoms with Crippen molar-refractivity contribution in [2.75, 3.05) is 0 Å². The maximum Gasteiger partial charge on any atom is 0.136 e. The van der Waals surface area contributed by atoms with Crippen molar-refractivity contribution >= 4 is 54.3 Å². The molecule has 47 heavy (non-hydrogen) atoms. The second-order valence-electron chi connectivity index (χ2n) is 13.6. The number of benzene rings is 8. The van der Waals surface area contributed by atoms with Crippen molar-refractivity contribution in [2.24, 2.45) is 0 Å². The molecule has 9 aromatic rings. The van der Waals surface area contributed by atoms with E-state index in [0.717, 1.165) is 32.7 Å². The molecule has 0 bridgehead atoms. The predicted octanol–water partition coefficient (Wildman–Crippen LogP) is 13.3. The van der Waals surface area contributed by atoms with Crippen LogP contribution in [0, 0.1) is 0 Å². The molecule has 0 aliphatic carbocycles. The first-order valence-electron chi connectivity index (χ1n) is 16.8. The zero-order valence-corrected chi connectivity index (χ0v) is 26.8. The molecule has 0 aliphatic rings. The molecule has 0 spiro atoms. The zero-order chi connectivity index (χ0) is 32.6. The van der Waals surface area contributed by atoms with Gasteiger partial charge in [-0.15, -0.1) is 0 Å². The van der Waals surface area contributed by atoms with Crippen LogP contribution in [0.3, 0.4) is 0 Å². The molecular formula is C46H34O. The lowest BCUT2D eigenvalue weighted by molar-refractivity contribution is 0.587. The van der Waals surface area contributed by atoms with E-state index in [1.54, 1.807) is 0 Å². The van der Waals surface area contributed by atoms with Crippen LogP contribution in [0.2, 0.25) is 0 Å². The summed E-state index contributed by atoms with van der Waals surface area (Å²) in [6, 6.07) is 52.7. The van der Waals surface area contributed by atoms with E-state index in [4.69, 9.17) is 5.79 Å². The molecule has 0 atom stereocenters. The Kier molecular flexibility index (Phi) is 5.90. The normalized spacial score (nSPS) is 12.4. The van der Waals surface area contributed by atoms with Crippen LogP contribution in [-0.4, -0.2) is 0 Å². The molecule has 0 unspecified atom stereocenters. The van der Waals surface area contributed by atoms with E-state index < -0.39 is 0 Å². The second kappa shape index (κ2) is 10.4. The average Bonchev–Trinajstić information content (AvgIpc) is 3.49. The lowest BCUT2D eigenvalue weighted by Gasteiger charge is -2.19. The van der Waals surface area contributed by atoms with Crippen molar-refractivity contribution < 1.29 is 5.79 Å². The molecular weight excluding hydrogens is 569 g/mol. The summed E-state index contributed by atoms with van der Waals surface area (Å²) in [7, 11) is 0. The van der Waals surface area contributed by atoms with E-state index >= 15 is 0 Å². The largest absolute Gasteiger partial charge is 0.456 e. The van der Waals surface area contributed by atoms with Gasteiger partial charge >= 0.3 is 0 Å². The third-order valence-corrected chi connectivity index (χ3v) is 9.76. The summed E-state index contributed by atoms with van der Waals surface area (Å²) in [5.41, 5.74) is 10.4. The maximum atomic E-state index is 7.96. The molecule has 9 rings (SSSR count). The van der Waals surface area contributed by atoms with E-state index in [1.807, 2.05) is 18.2 Å². The minimum absolute atomic E-state index is 0.0405. The van der Waals surface area contributed by atoms with Crippen LogP contribution in [0.15, 0.2) is 156 Å². The van der Waals surface area contributed by atoms with Gasteiger partial charge in [0.1, 0.15) is 11.2 Å². The molecule has 224 valence electrons. The number of hydrogen-bond acceptors (Lipinski definition) is 1. The fourth-order valence-corrected chi connectivity index (χ4v) is 7.37. The van der Waals surface area contributed by atoms with E-state index in [-0.39, 0.29) is 5.41 Å². The van der Waals surface area contributed by atoms with Crippen molar-refractivity contribution in [3.8, 4) is 33.4 Å². The Morgan fingerprint density at radius 3 is 1.83 bits per heavy atom. The Labute approximate surface area is 276 Å². The molecule has 1 heteroatoms. The third kappa shape index (κ3) is 4.46. The zero-order valence-electron chi connectivity index (χ0n) is 27.8. The van der Waals surface area contributed by atoms with Crippen LogP contribution in [-0.2, 0) is 5.41 Å². The van der Waals surface area contributed by atoms with Crippen LogP contribution < -0.4 is 0 Å². The summed E-state index contributed by atoms with van der Waals surface area (Å²) in [5.74, 6) is 0. The molecule has 0 aliphatic heterocycles. The monoisotopic (exact) mass is 603 g/mol. The first-order chi connectivity index (χ1) is 23.3. The first kappa shape index (κ1) is 26.5. The van der Waals surface area contributed by atoms with Gasteiger partial charge in [0, 0.05) is 10.8 Å². The van der Waals surface area contributed by atoms with Gasteiger partial charge in [0.05, 0.1) is 1.37 Å². The van der Waals surface area contributed by atoms with Crippen LogP contribution in [0.4, 0.5) is 0 Å². The first-order valence-corrected chi connectivity index (χ1v) is 16.3. The van der Waals surface area contributed by atoms with Crippen molar-refractivity contribution in [3.05, 3.63) is 157 Å². The highest BCUT2D eigenvalue weighted by Gasteiger charge is 2.21. The summed E-state index contributed by atoms with van der Waals surface area (Å²) in [6.07, 6.45) is 0. The van der Waals surface area contributed by atoms with Gasteiger partial charge in [-0.1, -0.05) is 154 Å². The highest BCUT2D eigenvalue weighted by molar-refractivity contribution is 6.25. The highest BCUT2D eigenvalue weighted by atomic mass is 16.3. The lowest BCUT2D eigenvalue weighted by atomic mass is 9.84. The van der Waals surface area contributed by atoms with Gasteiger partial charge in [0.2, 0.25) is 0 Å². The molecule has 0 fully saturated rings. The van der Waals surface area contributed by atoms with Gasteiger partial charge in [0.25, 0.3) is 0 Å². The van der Waals surface area contributed by atoms with Gasteiger partial charge < -0.3 is 4.42 Å². The summed E-state index contributed by atoms with van der Waals surface area (Å²) < 4.78 is 14.5. The Morgan fingerprint density at radius 1 is 0.468 bits per heavy atom. The van der Waals surface area contributed by atoms with E-state index in [9.17, 15) is 0 Å². The average molecular weight is 604 g/mol. The van der Waals surface area contributed by atoms with Crippen molar-refractivity contribution in [2.45, 2.75) is 26.2 Å². The lowest BCUT2D eigenvalue weighted by Crippen LogP contribution is -2.10. The Morgan fingerprint density at radius 2 is 1.13 bits per heavy atom. The van der Waals surface area contributed by atoms with Gasteiger partial charge in [-0.05, 0) is 94.9 Å². The van der Waals surface area contributed by atoms with E-state index in [2.05, 4.69) is 148 Å². The van der Waals surface area contributed by atoms with E-state index in [0.29, 0.717) is 6.04 Å². The van der Waals surface area contributed by atoms with Crippen LogP contribution in [0.1, 0.15) is 27.7 Å². The van der Waals surface area contributed by atoms with Crippen LogP contribution in [0.5, 0.6) is 0 Å². The number of rotatable bonds is 3. The molecule has 0 saturated carbocycles. The fraction of sp³-hybridized carbons (Fsp3) is 0.0870. The maximum absolute atomic E-state index is 7.96. The number of fused-ring (bicyclic) bond motifs is 6. The molecule has 8 aromatic carbocycles. The quantitative estimate of drug-likeness (QED) is 0.183. The molecule has 0 amide bonds. The molecule has 1 heterocycles. The van der Waals surface area contributed by atoms with Gasteiger partial charge in [-0.25, -0.2) is 0 Å².